The number of ether oxygens (including phenoxy) is 5. The average Bonchev–Trinajstić information content (AvgIpc) is 3.23. The second-order valence-corrected chi connectivity index (χ2v) is 19.8. The summed E-state index contributed by atoms with van der Waals surface area (Å²) >= 11 is 0. The van der Waals surface area contributed by atoms with Gasteiger partial charge in [-0.05, 0) is 105 Å². The summed E-state index contributed by atoms with van der Waals surface area (Å²) < 4.78 is 29.8. The third-order valence-corrected chi connectivity index (χ3v) is 12.9. The summed E-state index contributed by atoms with van der Waals surface area (Å²) in [5.74, 6) is -2.71. The highest BCUT2D eigenvalue weighted by molar-refractivity contribution is 5.73. The van der Waals surface area contributed by atoms with Gasteiger partial charge in [-0.25, -0.2) is 4.79 Å². The maximum absolute atomic E-state index is 13.5. The Balaban J connectivity index is 2.91. The van der Waals surface area contributed by atoms with Gasteiger partial charge in [-0.2, -0.15) is 0 Å². The molecule has 63 heavy (non-hydrogen) atoms. The Morgan fingerprint density at radius 2 is 1.17 bits per heavy atom. The highest BCUT2D eigenvalue weighted by atomic mass is 16.7. The van der Waals surface area contributed by atoms with Crippen LogP contribution in [0.4, 0.5) is 4.79 Å². The molecule has 3 unspecified atom stereocenters. The monoisotopic (exact) mass is 892 g/mol. The van der Waals surface area contributed by atoms with Gasteiger partial charge in [-0.3, -0.25) is 14.5 Å². The zero-order valence-corrected chi connectivity index (χ0v) is 42.1. The van der Waals surface area contributed by atoms with E-state index < -0.39 is 36.4 Å². The lowest BCUT2D eigenvalue weighted by Gasteiger charge is -2.53. The van der Waals surface area contributed by atoms with E-state index in [2.05, 4.69) is 84.7 Å². The van der Waals surface area contributed by atoms with Crippen LogP contribution in [0.15, 0.2) is 24.3 Å². The third kappa shape index (κ3) is 29.0. The molecule has 1 aliphatic rings. The Bertz CT molecular complexity index is 1200. The van der Waals surface area contributed by atoms with E-state index in [1.54, 1.807) is 0 Å². The van der Waals surface area contributed by atoms with Crippen LogP contribution in [0.5, 0.6) is 0 Å². The van der Waals surface area contributed by atoms with Crippen LogP contribution < -0.4 is 0 Å². The molecule has 0 aromatic heterocycles. The van der Waals surface area contributed by atoms with Crippen molar-refractivity contribution in [3.05, 3.63) is 24.3 Å². The quantitative estimate of drug-likeness (QED) is 0.0276. The van der Waals surface area contributed by atoms with Crippen LogP contribution in [-0.2, 0) is 33.3 Å². The molecule has 1 N–H and O–H groups in total. The third-order valence-electron chi connectivity index (χ3n) is 12.9. The van der Waals surface area contributed by atoms with Crippen LogP contribution in [-0.4, -0.2) is 84.5 Å². The number of allylic oxidation sites excluding steroid dienone is 4. The molecule has 10 heteroatoms. The van der Waals surface area contributed by atoms with Gasteiger partial charge in [0.2, 0.25) is 0 Å². The number of hydrogen-bond acceptors (Lipinski definition) is 9. The van der Waals surface area contributed by atoms with Crippen LogP contribution in [0.25, 0.3) is 0 Å². The Hall–Kier alpha value is -2.43. The van der Waals surface area contributed by atoms with E-state index >= 15 is 0 Å². The highest BCUT2D eigenvalue weighted by Gasteiger charge is 2.44. The minimum Gasteiger partial charge on any atom is -0.481 e. The molecule has 0 aromatic rings. The molecule has 1 saturated heterocycles. The number of likely N-dealkylation sites (tertiary alicyclic amines) is 1. The Kier molecular flexibility index (Phi) is 33.3. The van der Waals surface area contributed by atoms with Gasteiger partial charge < -0.3 is 28.8 Å². The summed E-state index contributed by atoms with van der Waals surface area (Å²) in [7, 11) is 2.10. The number of unbranched alkanes of at least 4 members (excludes halogenated alkanes) is 16. The van der Waals surface area contributed by atoms with Crippen molar-refractivity contribution in [2.75, 3.05) is 26.9 Å². The second kappa shape index (κ2) is 35.8. The number of carboxylic acid groups (broad SMARTS) is 1. The molecule has 0 bridgehead atoms. The number of piperidine rings is 1. The second-order valence-electron chi connectivity index (χ2n) is 19.8. The number of carbonyl (C=O) groups is 3. The molecule has 1 fully saturated rings. The lowest BCUT2D eigenvalue weighted by Crippen LogP contribution is -2.60. The van der Waals surface area contributed by atoms with E-state index in [0.717, 1.165) is 64.2 Å². The van der Waals surface area contributed by atoms with Crippen molar-refractivity contribution >= 4 is 18.1 Å². The Labute approximate surface area is 386 Å². The number of carboxylic acids is 1. The number of nitrogens with zero attached hydrogens (tertiary/aromatic N) is 1. The molecule has 1 aliphatic heterocycles. The fourth-order valence-corrected chi connectivity index (χ4v) is 8.67. The first-order valence-electron chi connectivity index (χ1n) is 25.7. The van der Waals surface area contributed by atoms with Crippen molar-refractivity contribution in [3.8, 4) is 0 Å². The van der Waals surface area contributed by atoms with Crippen LogP contribution in [0.2, 0.25) is 0 Å². The minimum absolute atomic E-state index is 0.0104. The van der Waals surface area contributed by atoms with E-state index in [0.29, 0.717) is 38.9 Å². The van der Waals surface area contributed by atoms with Gasteiger partial charge in [-0.15, -0.1) is 0 Å². The van der Waals surface area contributed by atoms with Gasteiger partial charge in [0, 0.05) is 43.6 Å². The fourth-order valence-electron chi connectivity index (χ4n) is 8.67. The van der Waals surface area contributed by atoms with Crippen molar-refractivity contribution in [1.82, 2.24) is 4.90 Å². The largest absolute Gasteiger partial charge is 0.508 e. The summed E-state index contributed by atoms with van der Waals surface area (Å²) in [6.45, 7) is 18.3. The van der Waals surface area contributed by atoms with E-state index in [1.165, 1.54) is 70.6 Å². The summed E-state index contributed by atoms with van der Waals surface area (Å²) in [4.78, 5) is 41.6. The van der Waals surface area contributed by atoms with Crippen LogP contribution in [0, 0.1) is 11.8 Å². The first-order valence-corrected chi connectivity index (χ1v) is 25.7. The Morgan fingerprint density at radius 3 is 1.71 bits per heavy atom. The van der Waals surface area contributed by atoms with E-state index in [-0.39, 0.29) is 42.5 Å². The molecule has 0 amide bonds. The first-order chi connectivity index (χ1) is 30.2. The smallest absolute Gasteiger partial charge is 0.481 e. The molecule has 3 atom stereocenters. The molecule has 0 radical (unpaired) electrons. The van der Waals surface area contributed by atoms with E-state index in [4.69, 9.17) is 23.7 Å². The van der Waals surface area contributed by atoms with Crippen LogP contribution in [0.3, 0.4) is 0 Å². The Morgan fingerprint density at radius 1 is 0.683 bits per heavy atom. The van der Waals surface area contributed by atoms with Gasteiger partial charge in [0.1, 0.15) is 12.2 Å². The molecule has 0 aliphatic carbocycles. The maximum atomic E-state index is 13.5. The molecule has 0 saturated carbocycles. The normalized spacial score (nSPS) is 17.0. The maximum Gasteiger partial charge on any atom is 0.508 e. The van der Waals surface area contributed by atoms with E-state index in [1.807, 2.05) is 6.92 Å². The van der Waals surface area contributed by atoms with Gasteiger partial charge >= 0.3 is 18.1 Å². The van der Waals surface area contributed by atoms with Crippen molar-refractivity contribution in [1.29, 1.82) is 0 Å². The number of hydrogen-bond donors (Lipinski definition) is 1. The van der Waals surface area contributed by atoms with Gasteiger partial charge in [0.25, 0.3) is 0 Å². The number of carbonyl (C=O) groups excluding carboxylic acids is 2. The first kappa shape index (κ1) is 58.6. The van der Waals surface area contributed by atoms with Gasteiger partial charge in [-0.1, -0.05) is 135 Å². The van der Waals surface area contributed by atoms with Crippen molar-refractivity contribution in [2.24, 2.45) is 11.8 Å². The number of aliphatic carboxylic acids is 1. The lowest BCUT2D eigenvalue weighted by molar-refractivity contribution is -0.168. The molecule has 0 aromatic carbocycles. The molecular weight excluding hydrogens is 795 g/mol. The fraction of sp³-hybridized carbons (Fsp3) is 0.868. The van der Waals surface area contributed by atoms with Crippen LogP contribution >= 0.6 is 0 Å². The SMILES string of the molecule is CCCCC/C=C\C/C=C\CCCCCC(OC(=O)CCC(OCCCCCCCC)OCCCCCCCC)C(CC(C)COC(=O)OC1CC(C)(C)N(C)C(C)(C)C1)C(=O)O. The van der Waals surface area contributed by atoms with Gasteiger partial charge in [0.15, 0.2) is 6.29 Å². The highest BCUT2D eigenvalue weighted by Crippen LogP contribution is 2.38. The summed E-state index contributed by atoms with van der Waals surface area (Å²) in [6, 6.07) is 0. The molecule has 0 spiro atoms. The predicted molar refractivity (Wildman–Crippen MR) is 258 cm³/mol. The minimum atomic E-state index is -1.02. The standard InChI is InChI=1S/C53H97NO9/c1-10-13-16-19-22-23-24-25-26-27-28-29-32-35-47(46(50(56)57)40-44(4)43-61-51(58)62-45-41-52(5,6)54(9)53(7,8)42-45)63-48(55)36-37-49(59-38-33-30-20-17-14-11-2)60-39-34-31-21-18-15-12-3/h22-23,25-26,44-47,49H,10-21,24,27-43H2,1-9H3,(H,56,57)/b23-22-,26-25-. The lowest BCUT2D eigenvalue weighted by atomic mass is 9.79. The number of rotatable bonds is 39. The summed E-state index contributed by atoms with van der Waals surface area (Å²) in [6.07, 6.45) is 32.3. The van der Waals surface area contributed by atoms with Crippen molar-refractivity contribution < 1.29 is 43.2 Å². The van der Waals surface area contributed by atoms with E-state index in [9.17, 15) is 19.5 Å². The molecule has 1 rings (SSSR count). The zero-order chi connectivity index (χ0) is 46.8. The molecule has 10 nitrogen and oxygen atoms in total. The van der Waals surface area contributed by atoms with Crippen LogP contribution in [0.1, 0.15) is 229 Å². The summed E-state index contributed by atoms with van der Waals surface area (Å²) in [5.41, 5.74) is -0.296. The van der Waals surface area contributed by atoms with Crippen molar-refractivity contribution in [3.63, 3.8) is 0 Å². The zero-order valence-electron chi connectivity index (χ0n) is 42.1. The van der Waals surface area contributed by atoms with Gasteiger partial charge in [0.05, 0.1) is 18.9 Å². The molecule has 368 valence electrons. The van der Waals surface area contributed by atoms with Crippen molar-refractivity contribution in [2.45, 2.75) is 258 Å². The number of esters is 1. The predicted octanol–water partition coefficient (Wildman–Crippen LogP) is 14.3. The molecular formula is C53H97NO9. The topological polar surface area (TPSA) is 121 Å². The average molecular weight is 892 g/mol. The summed E-state index contributed by atoms with van der Waals surface area (Å²) in [5, 5.41) is 10.5. The molecule has 1 heterocycles.